The molecule has 2 saturated heterocycles. The van der Waals surface area contributed by atoms with Gasteiger partial charge in [0.25, 0.3) is 0 Å². The van der Waals surface area contributed by atoms with Crippen molar-refractivity contribution in [1.82, 2.24) is 14.2 Å². The van der Waals surface area contributed by atoms with Crippen LogP contribution in [0.3, 0.4) is 0 Å². The number of piperidine rings is 2. The molecule has 1 spiro atoms. The molecule has 1 aromatic rings. The Labute approximate surface area is 171 Å². The minimum absolute atomic E-state index is 0.331. The summed E-state index contributed by atoms with van der Waals surface area (Å²) in [6.07, 6.45) is 7.96. The van der Waals surface area contributed by atoms with Crippen molar-refractivity contribution in [2.24, 2.45) is 10.8 Å². The van der Waals surface area contributed by atoms with Gasteiger partial charge in [0.15, 0.2) is 0 Å². The fourth-order valence-electron chi connectivity index (χ4n) is 4.37. The smallest absolute Gasteiger partial charge is 0.244 e. The Kier molecular flexibility index (Phi) is 6.52. The van der Waals surface area contributed by atoms with Crippen molar-refractivity contribution < 1.29 is 8.42 Å². The van der Waals surface area contributed by atoms with E-state index in [0.29, 0.717) is 28.8 Å². The van der Waals surface area contributed by atoms with Crippen molar-refractivity contribution in [3.8, 4) is 0 Å². The van der Waals surface area contributed by atoms with E-state index in [1.165, 1.54) is 32.0 Å². The van der Waals surface area contributed by atoms with Crippen molar-refractivity contribution in [1.29, 1.82) is 0 Å². The summed E-state index contributed by atoms with van der Waals surface area (Å²) in [6.45, 7) is 13.7. The molecule has 0 radical (unpaired) electrons. The molecule has 28 heavy (non-hydrogen) atoms. The second kappa shape index (κ2) is 8.41. The molecule has 0 aliphatic carbocycles. The number of aryl methyl sites for hydroxylation is 1. The third kappa shape index (κ3) is 5.14. The van der Waals surface area contributed by atoms with Gasteiger partial charge in [-0.2, -0.15) is 4.31 Å². The molecule has 3 heterocycles. The fraction of sp³-hybridized carbons (Fsp3) is 0.773. The standard InChI is InChI=1S/C22H37N3O2S/c1-5-19-6-7-20(18-23-19)28(26,27)25-16-11-22(12-17-25)9-14-24(15-10-22)13-8-21(2,3)4/h6-7,18H,5,8-17H2,1-4H3. The number of hydrogen-bond acceptors (Lipinski definition) is 4. The summed E-state index contributed by atoms with van der Waals surface area (Å²) in [7, 11) is -3.42. The van der Waals surface area contributed by atoms with Crippen molar-refractivity contribution in [3.63, 3.8) is 0 Å². The summed E-state index contributed by atoms with van der Waals surface area (Å²) in [5, 5.41) is 0. The van der Waals surface area contributed by atoms with Gasteiger partial charge in [0.2, 0.25) is 10.0 Å². The number of rotatable bonds is 5. The molecular formula is C22H37N3O2S. The van der Waals surface area contributed by atoms with Crippen molar-refractivity contribution in [2.45, 2.75) is 71.1 Å². The van der Waals surface area contributed by atoms with Crippen LogP contribution in [0.25, 0.3) is 0 Å². The van der Waals surface area contributed by atoms with E-state index in [0.717, 1.165) is 38.0 Å². The maximum atomic E-state index is 13.0. The second-order valence-electron chi connectivity index (χ2n) is 9.90. The molecule has 0 amide bonds. The zero-order valence-electron chi connectivity index (χ0n) is 18.1. The lowest BCUT2D eigenvalue weighted by Gasteiger charge is -2.46. The third-order valence-electron chi connectivity index (χ3n) is 6.68. The van der Waals surface area contributed by atoms with Crippen LogP contribution in [-0.2, 0) is 16.4 Å². The molecule has 0 saturated carbocycles. The molecule has 2 fully saturated rings. The minimum Gasteiger partial charge on any atom is -0.303 e. The Hall–Kier alpha value is -0.980. The lowest BCUT2D eigenvalue weighted by Crippen LogP contribution is -2.48. The number of aromatic nitrogens is 1. The highest BCUT2D eigenvalue weighted by Crippen LogP contribution is 2.42. The molecule has 6 heteroatoms. The van der Waals surface area contributed by atoms with Gasteiger partial charge in [-0.05, 0) is 81.1 Å². The van der Waals surface area contributed by atoms with E-state index in [2.05, 4.69) is 30.7 Å². The molecule has 2 aliphatic rings. The van der Waals surface area contributed by atoms with Gasteiger partial charge < -0.3 is 4.90 Å². The topological polar surface area (TPSA) is 53.5 Å². The molecule has 0 bridgehead atoms. The second-order valence-corrected chi connectivity index (χ2v) is 11.8. The SMILES string of the molecule is CCc1ccc(S(=O)(=O)N2CCC3(CCN(CCC(C)(C)C)CC3)CC2)cn1. The first-order valence-electron chi connectivity index (χ1n) is 10.8. The van der Waals surface area contributed by atoms with Crippen LogP contribution in [0.4, 0.5) is 0 Å². The van der Waals surface area contributed by atoms with Gasteiger partial charge in [-0.15, -0.1) is 0 Å². The molecule has 0 N–H and O–H groups in total. The first-order chi connectivity index (χ1) is 13.1. The van der Waals surface area contributed by atoms with Crippen LogP contribution in [0.15, 0.2) is 23.2 Å². The monoisotopic (exact) mass is 407 g/mol. The quantitative estimate of drug-likeness (QED) is 0.742. The van der Waals surface area contributed by atoms with E-state index in [9.17, 15) is 8.42 Å². The number of nitrogens with zero attached hydrogens (tertiary/aromatic N) is 3. The van der Waals surface area contributed by atoms with Crippen LogP contribution in [0, 0.1) is 10.8 Å². The lowest BCUT2D eigenvalue weighted by molar-refractivity contribution is 0.0518. The number of pyridine rings is 1. The number of likely N-dealkylation sites (tertiary alicyclic amines) is 1. The van der Waals surface area contributed by atoms with Crippen LogP contribution in [-0.4, -0.2) is 55.3 Å². The Bertz CT molecular complexity index is 735. The van der Waals surface area contributed by atoms with Crippen LogP contribution in [0.1, 0.15) is 65.5 Å². The molecule has 0 aromatic carbocycles. The maximum Gasteiger partial charge on any atom is 0.244 e. The van der Waals surface area contributed by atoms with Crippen molar-refractivity contribution in [2.75, 3.05) is 32.7 Å². The van der Waals surface area contributed by atoms with Gasteiger partial charge in [0.1, 0.15) is 4.90 Å². The van der Waals surface area contributed by atoms with Gasteiger partial charge in [0.05, 0.1) is 0 Å². The van der Waals surface area contributed by atoms with E-state index >= 15 is 0 Å². The van der Waals surface area contributed by atoms with E-state index in [-0.39, 0.29) is 0 Å². The fourth-order valence-corrected chi connectivity index (χ4v) is 5.75. The molecular weight excluding hydrogens is 370 g/mol. The van der Waals surface area contributed by atoms with Gasteiger partial charge in [0, 0.05) is 25.0 Å². The largest absolute Gasteiger partial charge is 0.303 e. The molecule has 158 valence electrons. The van der Waals surface area contributed by atoms with E-state index in [4.69, 9.17) is 0 Å². The average molecular weight is 408 g/mol. The maximum absolute atomic E-state index is 13.0. The zero-order valence-corrected chi connectivity index (χ0v) is 18.9. The van der Waals surface area contributed by atoms with Gasteiger partial charge in [-0.25, -0.2) is 8.42 Å². The minimum atomic E-state index is -3.42. The Morgan fingerprint density at radius 2 is 1.64 bits per heavy atom. The van der Waals surface area contributed by atoms with E-state index in [1.54, 1.807) is 10.4 Å². The van der Waals surface area contributed by atoms with Crippen LogP contribution >= 0.6 is 0 Å². The Balaban J connectivity index is 1.54. The molecule has 0 unspecified atom stereocenters. The summed E-state index contributed by atoms with van der Waals surface area (Å²) < 4.78 is 27.6. The van der Waals surface area contributed by atoms with Gasteiger partial charge >= 0.3 is 0 Å². The highest BCUT2D eigenvalue weighted by atomic mass is 32.2. The average Bonchev–Trinajstić information content (AvgIpc) is 2.67. The summed E-state index contributed by atoms with van der Waals surface area (Å²) >= 11 is 0. The molecule has 0 atom stereocenters. The number of hydrogen-bond donors (Lipinski definition) is 0. The Morgan fingerprint density at radius 1 is 1.04 bits per heavy atom. The lowest BCUT2D eigenvalue weighted by atomic mass is 9.71. The predicted octanol–water partition coefficient (Wildman–Crippen LogP) is 3.95. The van der Waals surface area contributed by atoms with Gasteiger partial charge in [-0.1, -0.05) is 27.7 Å². The normalized spacial score (nSPS) is 21.9. The van der Waals surface area contributed by atoms with Gasteiger partial charge in [-0.3, -0.25) is 4.98 Å². The van der Waals surface area contributed by atoms with Crippen molar-refractivity contribution >= 4 is 10.0 Å². The summed E-state index contributed by atoms with van der Waals surface area (Å²) in [6, 6.07) is 3.53. The molecule has 5 nitrogen and oxygen atoms in total. The summed E-state index contributed by atoms with van der Waals surface area (Å²) in [5.41, 5.74) is 1.66. The molecule has 1 aromatic heterocycles. The molecule has 2 aliphatic heterocycles. The first kappa shape index (κ1) is 21.7. The predicted molar refractivity (Wildman–Crippen MR) is 114 cm³/mol. The number of sulfonamides is 1. The van der Waals surface area contributed by atoms with Crippen LogP contribution < -0.4 is 0 Å². The first-order valence-corrected chi connectivity index (χ1v) is 12.3. The van der Waals surface area contributed by atoms with E-state index in [1.807, 2.05) is 13.0 Å². The van der Waals surface area contributed by atoms with Crippen molar-refractivity contribution in [3.05, 3.63) is 24.0 Å². The van der Waals surface area contributed by atoms with Crippen LogP contribution in [0.5, 0.6) is 0 Å². The van der Waals surface area contributed by atoms with Crippen LogP contribution in [0.2, 0.25) is 0 Å². The highest BCUT2D eigenvalue weighted by Gasteiger charge is 2.40. The zero-order chi connectivity index (χ0) is 20.4. The van der Waals surface area contributed by atoms with E-state index < -0.39 is 10.0 Å². The third-order valence-corrected chi connectivity index (χ3v) is 8.56. The summed E-state index contributed by atoms with van der Waals surface area (Å²) in [5.74, 6) is 0. The molecule has 3 rings (SSSR count). The Morgan fingerprint density at radius 3 is 2.14 bits per heavy atom. The summed E-state index contributed by atoms with van der Waals surface area (Å²) in [4.78, 5) is 7.20. The highest BCUT2D eigenvalue weighted by molar-refractivity contribution is 7.89.